The molecule has 21 heavy (non-hydrogen) atoms. The van der Waals surface area contributed by atoms with E-state index in [1.807, 2.05) is 18.2 Å². The minimum atomic E-state index is -0.182. The first-order valence-corrected chi connectivity index (χ1v) is 7.35. The largest absolute Gasteiger partial charge is 0.497 e. The lowest BCUT2D eigenvalue weighted by Gasteiger charge is -2.18. The number of nitrogens with two attached hydrogens (primary N) is 1. The van der Waals surface area contributed by atoms with Crippen LogP contribution in [-0.2, 0) is 20.7 Å². The highest BCUT2D eigenvalue weighted by molar-refractivity contribution is 5.69. The van der Waals surface area contributed by atoms with Crippen LogP contribution in [0.25, 0.3) is 0 Å². The quantitative estimate of drug-likeness (QED) is 0.615. The summed E-state index contributed by atoms with van der Waals surface area (Å²) in [6.45, 7) is 2.71. The Kier molecular flexibility index (Phi) is 5.59. The molecule has 1 aliphatic carbocycles. The first-order chi connectivity index (χ1) is 10.2. The Hall–Kier alpha value is -1.59. The number of rotatable bonds is 7. The van der Waals surface area contributed by atoms with Crippen molar-refractivity contribution in [3.63, 3.8) is 0 Å². The zero-order valence-electron chi connectivity index (χ0n) is 12.6. The number of benzene rings is 1. The Morgan fingerprint density at radius 1 is 1.43 bits per heavy atom. The monoisotopic (exact) mass is 293 g/mol. The average molecular weight is 293 g/mol. The number of hydrogen-bond acceptors (Lipinski definition) is 5. The van der Waals surface area contributed by atoms with E-state index in [1.54, 1.807) is 14.0 Å². The van der Waals surface area contributed by atoms with Crippen LogP contribution in [0.3, 0.4) is 0 Å². The fraction of sp³-hybridized carbons (Fsp3) is 0.562. The molecule has 1 aliphatic rings. The van der Waals surface area contributed by atoms with Gasteiger partial charge in [0.05, 0.1) is 19.8 Å². The summed E-state index contributed by atoms with van der Waals surface area (Å²) in [5, 5.41) is 0. The molecule has 2 unspecified atom stereocenters. The summed E-state index contributed by atoms with van der Waals surface area (Å²) >= 11 is 0. The molecular formula is C16H23NO4. The molecule has 2 rings (SSSR count). The molecule has 2 atom stereocenters. The van der Waals surface area contributed by atoms with E-state index in [1.165, 1.54) is 5.56 Å². The molecule has 0 aromatic heterocycles. The summed E-state index contributed by atoms with van der Waals surface area (Å²) in [5.74, 6) is 0.627. The molecule has 0 bridgehead atoms. The van der Waals surface area contributed by atoms with Gasteiger partial charge in [-0.15, -0.1) is 0 Å². The second-order valence-corrected chi connectivity index (χ2v) is 5.13. The smallest absolute Gasteiger partial charge is 0.305 e. The first-order valence-electron chi connectivity index (χ1n) is 7.35. The fourth-order valence-electron chi connectivity index (χ4n) is 2.62. The first kappa shape index (κ1) is 15.8. The molecule has 0 heterocycles. The van der Waals surface area contributed by atoms with Crippen molar-refractivity contribution in [3.05, 3.63) is 29.3 Å². The average Bonchev–Trinajstić information content (AvgIpc) is 2.78. The van der Waals surface area contributed by atoms with Crippen LogP contribution in [0.4, 0.5) is 0 Å². The number of methoxy groups -OCH3 is 1. The Bertz CT molecular complexity index is 489. The minimum Gasteiger partial charge on any atom is -0.497 e. The number of hydrogen-bond donors (Lipinski definition) is 1. The van der Waals surface area contributed by atoms with Gasteiger partial charge >= 0.3 is 5.97 Å². The molecule has 2 N–H and O–H groups in total. The highest BCUT2D eigenvalue weighted by Gasteiger charge is 2.30. The highest BCUT2D eigenvalue weighted by Crippen LogP contribution is 2.35. The lowest BCUT2D eigenvalue weighted by molar-refractivity contribution is -0.143. The maximum Gasteiger partial charge on any atom is 0.305 e. The van der Waals surface area contributed by atoms with Gasteiger partial charge in [0.15, 0.2) is 0 Å². The molecule has 0 amide bonds. The van der Waals surface area contributed by atoms with Crippen molar-refractivity contribution >= 4 is 5.97 Å². The van der Waals surface area contributed by atoms with Crippen LogP contribution < -0.4 is 10.5 Å². The lowest BCUT2D eigenvalue weighted by atomic mass is 10.1. The third-order valence-corrected chi connectivity index (χ3v) is 3.63. The Labute approximate surface area is 125 Å². The SMILES string of the molecule is CCOC(=O)CCCOC1c2cc(OC)ccc2CC1N. The number of carbonyl (C=O) groups excluding carboxylic acids is 1. The van der Waals surface area contributed by atoms with E-state index < -0.39 is 0 Å². The van der Waals surface area contributed by atoms with Gasteiger partial charge in [0.25, 0.3) is 0 Å². The topological polar surface area (TPSA) is 70.8 Å². The van der Waals surface area contributed by atoms with Crippen molar-refractivity contribution in [1.82, 2.24) is 0 Å². The highest BCUT2D eigenvalue weighted by atomic mass is 16.5. The molecule has 0 saturated carbocycles. The maximum atomic E-state index is 11.3. The van der Waals surface area contributed by atoms with Crippen LogP contribution in [0.2, 0.25) is 0 Å². The fourth-order valence-corrected chi connectivity index (χ4v) is 2.62. The third-order valence-electron chi connectivity index (χ3n) is 3.63. The van der Waals surface area contributed by atoms with Crippen LogP contribution in [0.1, 0.15) is 37.0 Å². The van der Waals surface area contributed by atoms with Crippen LogP contribution in [0.5, 0.6) is 5.75 Å². The molecule has 1 aromatic carbocycles. The maximum absolute atomic E-state index is 11.3. The standard InChI is InChI=1S/C16H23NO4/c1-3-20-15(18)5-4-8-21-16-13-10-12(19-2)7-6-11(13)9-14(16)17/h6-7,10,14,16H,3-5,8-9,17H2,1-2H3. The Morgan fingerprint density at radius 3 is 2.95 bits per heavy atom. The van der Waals surface area contributed by atoms with Crippen molar-refractivity contribution in [2.75, 3.05) is 20.3 Å². The van der Waals surface area contributed by atoms with Crippen molar-refractivity contribution in [3.8, 4) is 5.75 Å². The van der Waals surface area contributed by atoms with E-state index in [0.717, 1.165) is 17.7 Å². The van der Waals surface area contributed by atoms with Gasteiger partial charge in [0.1, 0.15) is 5.75 Å². The van der Waals surface area contributed by atoms with E-state index >= 15 is 0 Å². The summed E-state index contributed by atoms with van der Waals surface area (Å²) < 4.78 is 16.0. The van der Waals surface area contributed by atoms with Gasteiger partial charge in [-0.2, -0.15) is 0 Å². The molecule has 5 nitrogen and oxygen atoms in total. The molecule has 0 radical (unpaired) electrons. The summed E-state index contributed by atoms with van der Waals surface area (Å²) in [4.78, 5) is 11.3. The Balaban J connectivity index is 1.88. The third kappa shape index (κ3) is 3.95. The number of esters is 1. The summed E-state index contributed by atoms with van der Waals surface area (Å²) in [6.07, 6.45) is 1.70. The van der Waals surface area contributed by atoms with Crippen LogP contribution in [0.15, 0.2) is 18.2 Å². The van der Waals surface area contributed by atoms with Crippen molar-refractivity contribution in [2.24, 2.45) is 5.73 Å². The summed E-state index contributed by atoms with van der Waals surface area (Å²) in [6, 6.07) is 5.91. The van der Waals surface area contributed by atoms with E-state index in [2.05, 4.69) is 0 Å². The van der Waals surface area contributed by atoms with Crippen molar-refractivity contribution in [2.45, 2.75) is 38.3 Å². The number of carbonyl (C=O) groups is 1. The second-order valence-electron chi connectivity index (χ2n) is 5.13. The molecule has 5 heteroatoms. The predicted molar refractivity (Wildman–Crippen MR) is 79.2 cm³/mol. The van der Waals surface area contributed by atoms with E-state index in [9.17, 15) is 4.79 Å². The molecule has 0 spiro atoms. The zero-order chi connectivity index (χ0) is 15.2. The van der Waals surface area contributed by atoms with Crippen molar-refractivity contribution in [1.29, 1.82) is 0 Å². The van der Waals surface area contributed by atoms with Crippen LogP contribution in [0, 0.1) is 0 Å². The summed E-state index contributed by atoms with van der Waals surface area (Å²) in [7, 11) is 1.64. The lowest BCUT2D eigenvalue weighted by Crippen LogP contribution is -2.27. The molecule has 1 aromatic rings. The molecular weight excluding hydrogens is 270 g/mol. The summed E-state index contributed by atoms with van der Waals surface area (Å²) in [5.41, 5.74) is 8.46. The Morgan fingerprint density at radius 2 is 2.24 bits per heavy atom. The minimum absolute atomic E-state index is 0.0466. The van der Waals surface area contributed by atoms with Gasteiger partial charge < -0.3 is 19.9 Å². The molecule has 116 valence electrons. The van der Waals surface area contributed by atoms with E-state index in [0.29, 0.717) is 26.1 Å². The number of ether oxygens (including phenoxy) is 3. The molecule has 0 fully saturated rings. The van der Waals surface area contributed by atoms with Gasteiger partial charge in [0.2, 0.25) is 0 Å². The van der Waals surface area contributed by atoms with E-state index in [-0.39, 0.29) is 18.1 Å². The van der Waals surface area contributed by atoms with Gasteiger partial charge in [-0.3, -0.25) is 4.79 Å². The van der Waals surface area contributed by atoms with Crippen LogP contribution in [-0.4, -0.2) is 32.3 Å². The predicted octanol–water partition coefficient (Wildman–Crippen LogP) is 1.98. The van der Waals surface area contributed by atoms with Crippen molar-refractivity contribution < 1.29 is 19.0 Å². The van der Waals surface area contributed by atoms with E-state index in [4.69, 9.17) is 19.9 Å². The normalized spacial score (nSPS) is 20.1. The van der Waals surface area contributed by atoms with Gasteiger partial charge in [-0.05, 0) is 43.0 Å². The van der Waals surface area contributed by atoms with Gasteiger partial charge in [0, 0.05) is 19.1 Å². The number of fused-ring (bicyclic) bond motifs is 1. The molecule has 0 aliphatic heterocycles. The van der Waals surface area contributed by atoms with Gasteiger partial charge in [-0.25, -0.2) is 0 Å². The zero-order valence-corrected chi connectivity index (χ0v) is 12.6. The molecule has 0 saturated heterocycles. The second kappa shape index (κ2) is 7.43. The van der Waals surface area contributed by atoms with Crippen LogP contribution >= 0.6 is 0 Å². The van der Waals surface area contributed by atoms with Gasteiger partial charge in [-0.1, -0.05) is 6.07 Å².